The minimum atomic E-state index is 0.729. The molecular weight excluding hydrogens is 126 g/mol. The summed E-state index contributed by atoms with van der Waals surface area (Å²) in [7, 11) is 0. The molecular formula is C7H6N3. The summed E-state index contributed by atoms with van der Waals surface area (Å²) in [6.45, 7) is 3.75. The van der Waals surface area contributed by atoms with Crippen LogP contribution in [0.15, 0.2) is 18.3 Å². The van der Waals surface area contributed by atoms with Crippen LogP contribution in [-0.2, 0) is 0 Å². The SMILES string of the molecule is [CH2]c1[nH]nc2ncccc12. The van der Waals surface area contributed by atoms with E-state index >= 15 is 0 Å². The Morgan fingerprint density at radius 2 is 2.40 bits per heavy atom. The van der Waals surface area contributed by atoms with E-state index in [2.05, 4.69) is 22.1 Å². The fourth-order valence-corrected chi connectivity index (χ4v) is 0.902. The Kier molecular flexibility index (Phi) is 0.974. The van der Waals surface area contributed by atoms with Crippen molar-refractivity contribution in [2.24, 2.45) is 0 Å². The van der Waals surface area contributed by atoms with Gasteiger partial charge in [-0.05, 0) is 19.1 Å². The minimum absolute atomic E-state index is 0.729. The molecule has 0 amide bonds. The summed E-state index contributed by atoms with van der Waals surface area (Å²) in [6.07, 6.45) is 1.71. The quantitative estimate of drug-likeness (QED) is 0.584. The van der Waals surface area contributed by atoms with E-state index in [0.29, 0.717) is 0 Å². The van der Waals surface area contributed by atoms with Crippen LogP contribution in [0.5, 0.6) is 0 Å². The number of aromatic nitrogens is 3. The summed E-state index contributed by atoms with van der Waals surface area (Å²) in [4.78, 5) is 4.02. The first kappa shape index (κ1) is 5.41. The van der Waals surface area contributed by atoms with E-state index in [-0.39, 0.29) is 0 Å². The normalized spacial score (nSPS) is 10.5. The van der Waals surface area contributed by atoms with Gasteiger partial charge in [0.2, 0.25) is 0 Å². The van der Waals surface area contributed by atoms with Gasteiger partial charge in [-0.25, -0.2) is 4.98 Å². The maximum Gasteiger partial charge on any atom is 0.181 e. The third-order valence-electron chi connectivity index (χ3n) is 1.41. The Labute approximate surface area is 58.1 Å². The van der Waals surface area contributed by atoms with Crippen LogP contribution in [0.3, 0.4) is 0 Å². The molecule has 2 aromatic rings. The van der Waals surface area contributed by atoms with E-state index in [0.717, 1.165) is 16.7 Å². The van der Waals surface area contributed by atoms with Gasteiger partial charge in [0, 0.05) is 17.3 Å². The van der Waals surface area contributed by atoms with Gasteiger partial charge in [-0.1, -0.05) is 0 Å². The number of fused-ring (bicyclic) bond motifs is 1. The van der Waals surface area contributed by atoms with E-state index in [4.69, 9.17) is 0 Å². The van der Waals surface area contributed by atoms with E-state index in [9.17, 15) is 0 Å². The first-order valence-corrected chi connectivity index (χ1v) is 2.99. The molecule has 0 saturated carbocycles. The van der Waals surface area contributed by atoms with Gasteiger partial charge >= 0.3 is 0 Å². The molecule has 2 rings (SSSR count). The fraction of sp³-hybridized carbons (Fsp3) is 0. The molecule has 1 radical (unpaired) electrons. The van der Waals surface area contributed by atoms with Crippen LogP contribution in [0.25, 0.3) is 11.0 Å². The Balaban J connectivity index is 2.93. The zero-order valence-electron chi connectivity index (χ0n) is 5.33. The molecule has 3 nitrogen and oxygen atoms in total. The van der Waals surface area contributed by atoms with Crippen molar-refractivity contribution in [1.29, 1.82) is 0 Å². The highest BCUT2D eigenvalue weighted by molar-refractivity contribution is 5.77. The molecule has 0 fully saturated rings. The summed E-state index contributed by atoms with van der Waals surface area (Å²) in [5, 5.41) is 7.66. The Hall–Kier alpha value is -1.38. The average molecular weight is 132 g/mol. The number of nitrogens with zero attached hydrogens (tertiary/aromatic N) is 2. The first-order chi connectivity index (χ1) is 4.88. The van der Waals surface area contributed by atoms with Crippen LogP contribution >= 0.6 is 0 Å². The molecule has 0 spiro atoms. The summed E-state index contributed by atoms with van der Waals surface area (Å²) in [6, 6.07) is 3.81. The smallest absolute Gasteiger partial charge is 0.181 e. The predicted octanol–water partition coefficient (Wildman–Crippen LogP) is 1.14. The van der Waals surface area contributed by atoms with Gasteiger partial charge in [-0.2, -0.15) is 5.10 Å². The summed E-state index contributed by atoms with van der Waals surface area (Å²) in [5.41, 5.74) is 1.55. The van der Waals surface area contributed by atoms with E-state index in [1.165, 1.54) is 0 Å². The van der Waals surface area contributed by atoms with Crippen LogP contribution in [0.1, 0.15) is 5.69 Å². The van der Waals surface area contributed by atoms with Gasteiger partial charge in [0.1, 0.15) is 0 Å². The number of hydrogen-bond acceptors (Lipinski definition) is 2. The van der Waals surface area contributed by atoms with E-state index < -0.39 is 0 Å². The van der Waals surface area contributed by atoms with Crippen LogP contribution in [0.2, 0.25) is 0 Å². The van der Waals surface area contributed by atoms with Gasteiger partial charge in [0.25, 0.3) is 0 Å². The summed E-state index contributed by atoms with van der Waals surface area (Å²) >= 11 is 0. The highest BCUT2D eigenvalue weighted by Gasteiger charge is 1.97. The monoisotopic (exact) mass is 132 g/mol. The fourth-order valence-electron chi connectivity index (χ4n) is 0.902. The lowest BCUT2D eigenvalue weighted by molar-refractivity contribution is 1.08. The summed E-state index contributed by atoms with van der Waals surface area (Å²) in [5.74, 6) is 0. The Morgan fingerprint density at radius 3 is 3.20 bits per heavy atom. The molecule has 0 unspecified atom stereocenters. The number of pyridine rings is 1. The third-order valence-corrected chi connectivity index (χ3v) is 1.41. The Bertz CT molecular complexity index is 350. The minimum Gasteiger partial charge on any atom is -0.280 e. The highest BCUT2D eigenvalue weighted by atomic mass is 15.1. The van der Waals surface area contributed by atoms with Gasteiger partial charge in [-0.15, -0.1) is 0 Å². The zero-order chi connectivity index (χ0) is 6.97. The van der Waals surface area contributed by atoms with E-state index in [1.54, 1.807) is 6.20 Å². The maximum absolute atomic E-state index is 4.02. The largest absolute Gasteiger partial charge is 0.280 e. The molecule has 0 atom stereocenters. The van der Waals surface area contributed by atoms with Gasteiger partial charge in [0.05, 0.1) is 0 Å². The van der Waals surface area contributed by atoms with Crippen LogP contribution in [0, 0.1) is 6.92 Å². The molecule has 0 aliphatic rings. The zero-order valence-corrected chi connectivity index (χ0v) is 5.33. The van der Waals surface area contributed by atoms with Gasteiger partial charge in [-0.3, -0.25) is 5.10 Å². The second kappa shape index (κ2) is 1.80. The molecule has 3 heteroatoms. The number of aromatic amines is 1. The van der Waals surface area contributed by atoms with Crippen LogP contribution in [0.4, 0.5) is 0 Å². The second-order valence-corrected chi connectivity index (χ2v) is 2.08. The lowest BCUT2D eigenvalue weighted by atomic mass is 10.3. The van der Waals surface area contributed by atoms with Crippen LogP contribution < -0.4 is 0 Å². The molecule has 0 saturated heterocycles. The molecule has 0 aliphatic carbocycles. The van der Waals surface area contributed by atoms with Crippen molar-refractivity contribution in [3.63, 3.8) is 0 Å². The predicted molar refractivity (Wildman–Crippen MR) is 38.3 cm³/mol. The first-order valence-electron chi connectivity index (χ1n) is 2.99. The van der Waals surface area contributed by atoms with Crippen molar-refractivity contribution >= 4 is 11.0 Å². The standard InChI is InChI=1S/C7H6N3/c1-5-6-3-2-4-8-7(6)10-9-5/h2-4H,1H2,(H,8,9,10). The average Bonchev–Trinajstić information content (AvgIpc) is 2.34. The van der Waals surface area contributed by atoms with Crippen LogP contribution in [-0.4, -0.2) is 15.2 Å². The van der Waals surface area contributed by atoms with Gasteiger partial charge in [0.15, 0.2) is 5.65 Å². The van der Waals surface area contributed by atoms with E-state index in [1.807, 2.05) is 12.1 Å². The summed E-state index contributed by atoms with van der Waals surface area (Å²) < 4.78 is 0. The molecule has 2 heterocycles. The van der Waals surface area contributed by atoms with Crippen molar-refractivity contribution < 1.29 is 0 Å². The Morgan fingerprint density at radius 1 is 1.50 bits per heavy atom. The topological polar surface area (TPSA) is 41.6 Å². The highest BCUT2D eigenvalue weighted by Crippen LogP contribution is 2.09. The van der Waals surface area contributed by atoms with Crippen molar-refractivity contribution in [2.75, 3.05) is 0 Å². The lowest BCUT2D eigenvalue weighted by Crippen LogP contribution is -1.72. The molecule has 0 aromatic carbocycles. The third kappa shape index (κ3) is 0.603. The van der Waals surface area contributed by atoms with Crippen molar-refractivity contribution in [3.8, 4) is 0 Å². The number of H-pyrrole nitrogens is 1. The van der Waals surface area contributed by atoms with Gasteiger partial charge < -0.3 is 0 Å². The second-order valence-electron chi connectivity index (χ2n) is 2.08. The van der Waals surface area contributed by atoms with Crippen molar-refractivity contribution in [3.05, 3.63) is 30.9 Å². The molecule has 0 aliphatic heterocycles. The number of nitrogens with one attached hydrogen (secondary N) is 1. The van der Waals surface area contributed by atoms with Crippen molar-refractivity contribution in [2.45, 2.75) is 0 Å². The molecule has 1 N–H and O–H groups in total. The van der Waals surface area contributed by atoms with Crippen molar-refractivity contribution in [1.82, 2.24) is 15.2 Å². The molecule has 49 valence electrons. The maximum atomic E-state index is 4.02. The molecule has 0 bridgehead atoms. The lowest BCUT2D eigenvalue weighted by Gasteiger charge is -1.83. The number of rotatable bonds is 0. The molecule has 2 aromatic heterocycles. The molecule has 10 heavy (non-hydrogen) atoms. The number of hydrogen-bond donors (Lipinski definition) is 1.